The fourth-order valence-electron chi connectivity index (χ4n) is 2.40. The van der Waals surface area contributed by atoms with Gasteiger partial charge in [-0.25, -0.2) is 8.42 Å². The fourth-order valence-corrected chi connectivity index (χ4v) is 3.98. The molecule has 2 aromatic carbocycles. The molecule has 9 nitrogen and oxygen atoms in total. The summed E-state index contributed by atoms with van der Waals surface area (Å²) >= 11 is 0. The lowest BCUT2D eigenvalue weighted by molar-refractivity contribution is -0.419. The Morgan fingerprint density at radius 1 is 1.00 bits per heavy atom. The average molecular weight is 502 g/mol. The normalized spacial score (nSPS) is 12.8. The highest BCUT2D eigenvalue weighted by Gasteiger charge is 2.22. The maximum absolute atomic E-state index is 11.9. The molecule has 0 aromatic heterocycles. The van der Waals surface area contributed by atoms with E-state index in [2.05, 4.69) is 5.73 Å². The summed E-state index contributed by atoms with van der Waals surface area (Å²) in [5, 5.41) is 0. The Balaban J connectivity index is 0.000000412. The smallest absolute Gasteiger partial charge is 0.312 e. The summed E-state index contributed by atoms with van der Waals surface area (Å²) in [6, 6.07) is 13.7. The van der Waals surface area contributed by atoms with Gasteiger partial charge in [-0.1, -0.05) is 35.9 Å². The summed E-state index contributed by atoms with van der Waals surface area (Å²) < 4.78 is 65.0. The number of rotatable bonds is 8. The molecule has 0 saturated heterocycles. The summed E-state index contributed by atoms with van der Waals surface area (Å²) in [5.41, 5.74) is 4.17. The van der Waals surface area contributed by atoms with E-state index in [-0.39, 0.29) is 41.3 Å². The lowest BCUT2D eigenvalue weighted by atomic mass is 10.1. The molecule has 0 unspecified atom stereocenters. The van der Waals surface area contributed by atoms with Crippen LogP contribution < -0.4 is 9.92 Å². The minimum atomic E-state index is -4.27. The zero-order valence-corrected chi connectivity index (χ0v) is 20.8. The number of benzene rings is 2. The second-order valence-corrected chi connectivity index (χ2v) is 11.4. The second kappa shape index (κ2) is 12.1. The molecular formula is C22H31NO8S2. The molecule has 1 atom stereocenters. The van der Waals surface area contributed by atoms with Crippen LogP contribution >= 0.6 is 0 Å². The molecule has 2 aromatic rings. The number of para-hydroxylation sites is 1. The molecule has 184 valence electrons. The Morgan fingerprint density at radius 2 is 1.55 bits per heavy atom. The van der Waals surface area contributed by atoms with Crippen LogP contribution in [0, 0.1) is 6.92 Å². The van der Waals surface area contributed by atoms with Crippen molar-refractivity contribution in [3.8, 4) is 5.75 Å². The van der Waals surface area contributed by atoms with E-state index in [1.165, 1.54) is 12.1 Å². The molecule has 0 spiro atoms. The van der Waals surface area contributed by atoms with Gasteiger partial charge >= 0.3 is 16.1 Å². The number of carbonyl (C=O) groups is 1. The quantitative estimate of drug-likeness (QED) is 0.327. The summed E-state index contributed by atoms with van der Waals surface area (Å²) in [6.07, 6.45) is 0.312. The van der Waals surface area contributed by atoms with Crippen LogP contribution in [0.15, 0.2) is 59.5 Å². The Morgan fingerprint density at radius 3 is 2.03 bits per heavy atom. The molecule has 0 saturated carbocycles. The van der Waals surface area contributed by atoms with E-state index in [1.54, 1.807) is 63.2 Å². The van der Waals surface area contributed by atoms with Crippen molar-refractivity contribution in [1.82, 2.24) is 0 Å². The van der Waals surface area contributed by atoms with E-state index in [1.807, 2.05) is 6.92 Å². The lowest BCUT2D eigenvalue weighted by Crippen LogP contribution is -2.62. The summed E-state index contributed by atoms with van der Waals surface area (Å²) in [6.45, 7) is 7.16. The topological polar surface area (TPSA) is 155 Å². The van der Waals surface area contributed by atoms with Gasteiger partial charge in [0.2, 0.25) is 0 Å². The fraction of sp³-hybridized carbons (Fsp3) is 0.409. The SMILES string of the molecule is CC(C)(C)OC(=O)C[C@H]([NH3+])CCS(=O)(=O)Oc1ccccc1.Cc1ccc(S(=O)(=O)[O-])cc1. The molecule has 11 heteroatoms. The van der Waals surface area contributed by atoms with Crippen LogP contribution in [0.5, 0.6) is 5.75 Å². The predicted molar refractivity (Wildman–Crippen MR) is 122 cm³/mol. The third-order valence-electron chi connectivity index (χ3n) is 3.93. The van der Waals surface area contributed by atoms with Crippen LogP contribution in [0.1, 0.15) is 39.2 Å². The molecule has 0 aliphatic heterocycles. The first-order valence-electron chi connectivity index (χ1n) is 10.1. The van der Waals surface area contributed by atoms with Crippen molar-refractivity contribution >= 4 is 26.2 Å². The van der Waals surface area contributed by atoms with E-state index < -0.39 is 25.8 Å². The molecule has 0 aliphatic carbocycles. The molecule has 0 aliphatic rings. The first kappa shape index (κ1) is 28.6. The van der Waals surface area contributed by atoms with Gasteiger partial charge in [0.1, 0.15) is 21.5 Å². The van der Waals surface area contributed by atoms with Gasteiger partial charge < -0.3 is 19.2 Å². The maximum atomic E-state index is 11.9. The predicted octanol–water partition coefficient (Wildman–Crippen LogP) is 2.03. The average Bonchev–Trinajstić information content (AvgIpc) is 2.65. The Bertz CT molecular complexity index is 1090. The lowest BCUT2D eigenvalue weighted by Gasteiger charge is -2.20. The van der Waals surface area contributed by atoms with Gasteiger partial charge in [0, 0.05) is 6.42 Å². The van der Waals surface area contributed by atoms with E-state index >= 15 is 0 Å². The third kappa shape index (κ3) is 13.0. The monoisotopic (exact) mass is 501 g/mol. The van der Waals surface area contributed by atoms with Crippen LogP contribution in [-0.2, 0) is 29.8 Å². The largest absolute Gasteiger partial charge is 0.744 e. The summed E-state index contributed by atoms with van der Waals surface area (Å²) in [5.74, 6) is -0.303. The highest BCUT2D eigenvalue weighted by atomic mass is 32.2. The Kier molecular flexibility index (Phi) is 10.5. The summed E-state index contributed by atoms with van der Waals surface area (Å²) in [4.78, 5) is 11.5. The van der Waals surface area contributed by atoms with Crippen LogP contribution in [0.3, 0.4) is 0 Å². The van der Waals surface area contributed by atoms with Crippen molar-refractivity contribution in [3.63, 3.8) is 0 Å². The minimum Gasteiger partial charge on any atom is -0.744 e. The number of hydrogen-bond acceptors (Lipinski definition) is 8. The molecule has 2 rings (SSSR count). The van der Waals surface area contributed by atoms with Crippen molar-refractivity contribution in [1.29, 1.82) is 0 Å². The van der Waals surface area contributed by atoms with Crippen molar-refractivity contribution < 1.29 is 40.8 Å². The van der Waals surface area contributed by atoms with E-state index in [9.17, 15) is 26.2 Å². The molecule has 33 heavy (non-hydrogen) atoms. The van der Waals surface area contributed by atoms with Crippen molar-refractivity contribution in [3.05, 3.63) is 60.2 Å². The Labute approximate surface area is 195 Å². The maximum Gasteiger partial charge on any atom is 0.312 e. The molecule has 0 bridgehead atoms. The molecular weight excluding hydrogens is 470 g/mol. The number of ether oxygens (including phenoxy) is 1. The number of esters is 1. The molecule has 0 heterocycles. The minimum absolute atomic E-state index is 0.0815. The van der Waals surface area contributed by atoms with E-state index in [4.69, 9.17) is 8.92 Å². The number of hydrogen-bond donors (Lipinski definition) is 1. The second-order valence-electron chi connectivity index (χ2n) is 8.37. The van der Waals surface area contributed by atoms with Gasteiger partial charge in [0.15, 0.2) is 0 Å². The summed E-state index contributed by atoms with van der Waals surface area (Å²) in [7, 11) is -7.96. The highest BCUT2D eigenvalue weighted by Crippen LogP contribution is 2.13. The zero-order valence-electron chi connectivity index (χ0n) is 19.2. The molecule has 0 amide bonds. The van der Waals surface area contributed by atoms with Gasteiger partial charge in [-0.15, -0.1) is 0 Å². The van der Waals surface area contributed by atoms with Crippen molar-refractivity contribution in [2.24, 2.45) is 0 Å². The van der Waals surface area contributed by atoms with Crippen LogP contribution in [0.4, 0.5) is 0 Å². The first-order valence-corrected chi connectivity index (χ1v) is 13.1. The Hall–Kier alpha value is -2.47. The number of carbonyl (C=O) groups excluding carboxylic acids is 1. The van der Waals surface area contributed by atoms with Gasteiger partial charge in [-0.3, -0.25) is 4.79 Å². The van der Waals surface area contributed by atoms with Crippen LogP contribution in [0.2, 0.25) is 0 Å². The van der Waals surface area contributed by atoms with Gasteiger partial charge in [-0.05, 0) is 52.0 Å². The van der Waals surface area contributed by atoms with E-state index in [0.29, 0.717) is 0 Å². The van der Waals surface area contributed by atoms with Crippen molar-refractivity contribution in [2.75, 3.05) is 5.75 Å². The third-order valence-corrected chi connectivity index (χ3v) is 5.96. The highest BCUT2D eigenvalue weighted by molar-refractivity contribution is 7.87. The van der Waals surface area contributed by atoms with Gasteiger partial charge in [-0.2, -0.15) is 8.42 Å². The van der Waals surface area contributed by atoms with Crippen LogP contribution in [-0.4, -0.2) is 44.8 Å². The standard InChI is InChI=1S/C15H23NO5S.C7H8O3S/c1-15(2,3)20-14(17)11-12(16)9-10-22(18,19)21-13-7-5-4-6-8-13;1-6-2-4-7(5-3-6)11(8,9)10/h4-8,12H,9-11,16H2,1-3H3;2-5H,1H3,(H,8,9,10)/t12-;/m1./s1. The first-order chi connectivity index (χ1) is 15.1. The molecule has 0 fully saturated rings. The number of aryl methyl sites for hydroxylation is 1. The molecule has 3 N–H and O–H groups in total. The van der Waals surface area contributed by atoms with Crippen molar-refractivity contribution in [2.45, 2.75) is 57.1 Å². The molecule has 0 radical (unpaired) electrons. The van der Waals surface area contributed by atoms with Gasteiger partial charge in [0.25, 0.3) is 0 Å². The van der Waals surface area contributed by atoms with Gasteiger partial charge in [0.05, 0.1) is 23.1 Å². The van der Waals surface area contributed by atoms with Crippen LogP contribution in [0.25, 0.3) is 0 Å². The zero-order chi connectivity index (χ0) is 25.3. The number of quaternary nitrogens is 1. The van der Waals surface area contributed by atoms with E-state index in [0.717, 1.165) is 5.56 Å².